The summed E-state index contributed by atoms with van der Waals surface area (Å²) < 4.78 is 5.76. The summed E-state index contributed by atoms with van der Waals surface area (Å²) in [4.78, 5) is 10.3. The minimum Gasteiger partial charge on any atom is -0.372 e. The first kappa shape index (κ1) is 12.0. The number of non-ortho nitro benzene ring substituents is 1. The number of rotatable bonds is 3. The summed E-state index contributed by atoms with van der Waals surface area (Å²) in [7, 11) is 0. The fourth-order valence-electron chi connectivity index (χ4n) is 2.05. The van der Waals surface area contributed by atoms with Gasteiger partial charge in [-0.1, -0.05) is 12.1 Å². The first-order chi connectivity index (χ1) is 8.15. The van der Waals surface area contributed by atoms with E-state index in [-0.39, 0.29) is 22.8 Å². The van der Waals surface area contributed by atoms with Gasteiger partial charge in [0.1, 0.15) is 0 Å². The Kier molecular flexibility index (Phi) is 3.71. The van der Waals surface area contributed by atoms with E-state index in [9.17, 15) is 10.1 Å². The number of nitrogens with one attached hydrogen (secondary N) is 1. The monoisotopic (exact) mass is 236 g/mol. The Morgan fingerprint density at radius 3 is 3.06 bits per heavy atom. The zero-order valence-electron chi connectivity index (χ0n) is 9.76. The Morgan fingerprint density at radius 1 is 1.53 bits per heavy atom. The van der Waals surface area contributed by atoms with E-state index in [2.05, 4.69) is 5.32 Å². The number of nitro groups is 1. The molecule has 5 nitrogen and oxygen atoms in total. The molecule has 1 aliphatic rings. The molecule has 0 aliphatic carbocycles. The van der Waals surface area contributed by atoms with Gasteiger partial charge in [0.2, 0.25) is 0 Å². The van der Waals surface area contributed by atoms with Gasteiger partial charge in [-0.2, -0.15) is 0 Å². The number of ether oxygens (including phenoxy) is 1. The van der Waals surface area contributed by atoms with Crippen LogP contribution in [0.25, 0.3) is 0 Å². The van der Waals surface area contributed by atoms with Crippen LogP contribution in [0.5, 0.6) is 0 Å². The SMILES string of the molecule is CC1CNCC(Cc2cccc([N+](=O)[O-])c2)O1. The number of nitro benzene ring substituents is 1. The fraction of sp³-hybridized carbons (Fsp3) is 0.500. The van der Waals surface area contributed by atoms with E-state index in [1.165, 1.54) is 6.07 Å². The molecule has 1 heterocycles. The molecule has 1 aromatic rings. The third kappa shape index (κ3) is 3.25. The van der Waals surface area contributed by atoms with E-state index in [4.69, 9.17) is 4.74 Å². The van der Waals surface area contributed by atoms with Crippen LogP contribution in [0.1, 0.15) is 12.5 Å². The van der Waals surface area contributed by atoms with Crippen molar-refractivity contribution in [2.24, 2.45) is 0 Å². The van der Waals surface area contributed by atoms with Crippen molar-refractivity contribution in [3.63, 3.8) is 0 Å². The molecule has 1 aromatic carbocycles. The van der Waals surface area contributed by atoms with Gasteiger partial charge < -0.3 is 10.1 Å². The molecule has 2 rings (SSSR count). The second kappa shape index (κ2) is 5.25. The van der Waals surface area contributed by atoms with E-state index in [1.54, 1.807) is 12.1 Å². The lowest BCUT2D eigenvalue weighted by molar-refractivity contribution is -0.384. The fourth-order valence-corrected chi connectivity index (χ4v) is 2.05. The molecule has 17 heavy (non-hydrogen) atoms. The molecule has 2 atom stereocenters. The highest BCUT2D eigenvalue weighted by atomic mass is 16.6. The van der Waals surface area contributed by atoms with E-state index in [0.717, 1.165) is 18.7 Å². The van der Waals surface area contributed by atoms with Crippen LogP contribution in [-0.2, 0) is 11.2 Å². The van der Waals surface area contributed by atoms with E-state index >= 15 is 0 Å². The third-order valence-electron chi connectivity index (χ3n) is 2.81. The lowest BCUT2D eigenvalue weighted by Gasteiger charge is -2.28. The molecule has 5 heteroatoms. The molecular formula is C12H16N2O3. The van der Waals surface area contributed by atoms with Crippen molar-refractivity contribution in [3.05, 3.63) is 39.9 Å². The highest BCUT2D eigenvalue weighted by Crippen LogP contribution is 2.16. The normalized spacial score (nSPS) is 24.5. The predicted octanol–water partition coefficient (Wildman–Crippen LogP) is 1.51. The summed E-state index contributed by atoms with van der Waals surface area (Å²) in [6.07, 6.45) is 1.01. The van der Waals surface area contributed by atoms with Gasteiger partial charge in [-0.05, 0) is 12.5 Å². The largest absolute Gasteiger partial charge is 0.372 e. The van der Waals surface area contributed by atoms with Crippen LogP contribution in [0.4, 0.5) is 5.69 Å². The quantitative estimate of drug-likeness (QED) is 0.638. The van der Waals surface area contributed by atoms with Crippen molar-refractivity contribution in [1.29, 1.82) is 0 Å². The first-order valence-corrected chi connectivity index (χ1v) is 5.74. The summed E-state index contributed by atoms with van der Waals surface area (Å²) in [6.45, 7) is 3.69. The highest BCUT2D eigenvalue weighted by molar-refractivity contribution is 5.34. The van der Waals surface area contributed by atoms with Crippen molar-refractivity contribution in [2.45, 2.75) is 25.6 Å². The topological polar surface area (TPSA) is 64.4 Å². The molecular weight excluding hydrogens is 220 g/mol. The molecule has 1 saturated heterocycles. The number of hydrogen-bond donors (Lipinski definition) is 1. The zero-order valence-corrected chi connectivity index (χ0v) is 9.76. The van der Waals surface area contributed by atoms with Gasteiger partial charge in [-0.25, -0.2) is 0 Å². The summed E-state index contributed by atoms with van der Waals surface area (Å²) in [5, 5.41) is 13.9. The van der Waals surface area contributed by atoms with Gasteiger partial charge in [-0.3, -0.25) is 10.1 Å². The van der Waals surface area contributed by atoms with Crippen LogP contribution in [0.15, 0.2) is 24.3 Å². The van der Waals surface area contributed by atoms with Crippen molar-refractivity contribution in [2.75, 3.05) is 13.1 Å². The molecule has 0 radical (unpaired) electrons. The van der Waals surface area contributed by atoms with E-state index in [0.29, 0.717) is 6.42 Å². The second-order valence-corrected chi connectivity index (χ2v) is 4.36. The Balaban J connectivity index is 2.02. The number of benzene rings is 1. The van der Waals surface area contributed by atoms with E-state index < -0.39 is 0 Å². The minimum absolute atomic E-state index is 0.0979. The molecule has 0 bridgehead atoms. The van der Waals surface area contributed by atoms with Gasteiger partial charge >= 0.3 is 0 Å². The van der Waals surface area contributed by atoms with Crippen molar-refractivity contribution < 1.29 is 9.66 Å². The van der Waals surface area contributed by atoms with Crippen LogP contribution in [-0.4, -0.2) is 30.2 Å². The van der Waals surface area contributed by atoms with Gasteiger partial charge in [0, 0.05) is 31.6 Å². The van der Waals surface area contributed by atoms with Crippen LogP contribution in [0.2, 0.25) is 0 Å². The van der Waals surface area contributed by atoms with Crippen LogP contribution in [0.3, 0.4) is 0 Å². The van der Waals surface area contributed by atoms with E-state index in [1.807, 2.05) is 13.0 Å². The lowest BCUT2D eigenvalue weighted by Crippen LogP contribution is -2.44. The first-order valence-electron chi connectivity index (χ1n) is 5.74. The van der Waals surface area contributed by atoms with Crippen molar-refractivity contribution in [1.82, 2.24) is 5.32 Å². The molecule has 0 saturated carbocycles. The number of nitrogens with zero attached hydrogens (tertiary/aromatic N) is 1. The summed E-state index contributed by atoms with van der Waals surface area (Å²) >= 11 is 0. The molecule has 0 spiro atoms. The van der Waals surface area contributed by atoms with Crippen LogP contribution in [0, 0.1) is 10.1 Å². The molecule has 1 fully saturated rings. The average molecular weight is 236 g/mol. The molecule has 0 aromatic heterocycles. The second-order valence-electron chi connectivity index (χ2n) is 4.36. The van der Waals surface area contributed by atoms with Crippen molar-refractivity contribution in [3.8, 4) is 0 Å². The Morgan fingerprint density at radius 2 is 2.35 bits per heavy atom. The summed E-state index contributed by atoms with van der Waals surface area (Å²) in [6, 6.07) is 6.73. The maximum atomic E-state index is 10.7. The molecule has 0 amide bonds. The predicted molar refractivity (Wildman–Crippen MR) is 64.0 cm³/mol. The van der Waals surface area contributed by atoms with Crippen LogP contribution >= 0.6 is 0 Å². The average Bonchev–Trinajstić information content (AvgIpc) is 2.29. The maximum absolute atomic E-state index is 10.7. The molecule has 1 aliphatic heterocycles. The van der Waals surface area contributed by atoms with Crippen molar-refractivity contribution >= 4 is 5.69 Å². The number of hydrogen-bond acceptors (Lipinski definition) is 4. The Bertz CT molecular complexity index is 408. The van der Waals surface area contributed by atoms with Gasteiger partial charge in [-0.15, -0.1) is 0 Å². The molecule has 2 unspecified atom stereocenters. The minimum atomic E-state index is -0.369. The van der Waals surface area contributed by atoms with Gasteiger partial charge in [0.25, 0.3) is 5.69 Å². The summed E-state index contributed by atoms with van der Waals surface area (Å²) in [5.74, 6) is 0. The molecule has 1 N–H and O–H groups in total. The highest BCUT2D eigenvalue weighted by Gasteiger charge is 2.19. The van der Waals surface area contributed by atoms with Crippen LogP contribution < -0.4 is 5.32 Å². The number of morpholine rings is 1. The molecule has 92 valence electrons. The zero-order chi connectivity index (χ0) is 12.3. The smallest absolute Gasteiger partial charge is 0.269 e. The lowest BCUT2D eigenvalue weighted by atomic mass is 10.1. The Hall–Kier alpha value is -1.46. The Labute approximate surface area is 99.9 Å². The maximum Gasteiger partial charge on any atom is 0.269 e. The van der Waals surface area contributed by atoms with Gasteiger partial charge in [0.15, 0.2) is 0 Å². The van der Waals surface area contributed by atoms with Gasteiger partial charge in [0.05, 0.1) is 17.1 Å². The third-order valence-corrected chi connectivity index (χ3v) is 2.81. The summed E-state index contributed by atoms with van der Waals surface area (Å²) in [5.41, 5.74) is 1.08. The standard InChI is InChI=1S/C12H16N2O3/c1-9-7-13-8-12(17-9)6-10-3-2-4-11(5-10)14(15)16/h2-5,9,12-13H,6-8H2,1H3.